The minimum Gasteiger partial charge on any atom is -0.348 e. The SMILES string of the molecule is C=CCNC(=O)/C(C#N)=C/c1csc(N(C(C)=O)c2ccc(F)cc2F)n1. The summed E-state index contributed by atoms with van der Waals surface area (Å²) in [5.41, 5.74) is -0.0943. The van der Waals surface area contributed by atoms with Crippen molar-refractivity contribution >= 4 is 40.0 Å². The van der Waals surface area contributed by atoms with Crippen LogP contribution in [-0.2, 0) is 9.59 Å². The molecule has 6 nitrogen and oxygen atoms in total. The molecule has 0 unspecified atom stereocenters. The second-order valence-corrected chi connectivity index (χ2v) is 6.01. The number of carbonyl (C=O) groups is 2. The van der Waals surface area contributed by atoms with Gasteiger partial charge in [-0.15, -0.1) is 17.9 Å². The molecule has 0 spiro atoms. The maximum atomic E-state index is 14.1. The van der Waals surface area contributed by atoms with Gasteiger partial charge in [0.2, 0.25) is 5.91 Å². The third-order valence-corrected chi connectivity index (χ3v) is 4.07. The number of anilines is 2. The van der Waals surface area contributed by atoms with E-state index in [1.165, 1.54) is 24.5 Å². The molecule has 0 atom stereocenters. The van der Waals surface area contributed by atoms with E-state index in [1.807, 2.05) is 0 Å². The standard InChI is InChI=1S/C18H14F2N4O2S/c1-3-6-22-17(26)12(9-21)7-14-10-27-18(23-14)24(11(2)25)16-5-4-13(19)8-15(16)20/h3-5,7-8,10H,1,6H2,2H3,(H,22,26)/b12-7+. The number of nitriles is 1. The molecule has 2 amide bonds. The third-order valence-electron chi connectivity index (χ3n) is 3.23. The van der Waals surface area contributed by atoms with Crippen molar-refractivity contribution in [1.29, 1.82) is 5.26 Å². The molecule has 0 bridgehead atoms. The Labute approximate surface area is 158 Å². The lowest BCUT2D eigenvalue weighted by atomic mass is 10.2. The van der Waals surface area contributed by atoms with Crippen molar-refractivity contribution in [2.75, 3.05) is 11.4 Å². The Morgan fingerprint density at radius 3 is 2.78 bits per heavy atom. The smallest absolute Gasteiger partial charge is 0.262 e. The van der Waals surface area contributed by atoms with E-state index in [0.29, 0.717) is 6.07 Å². The predicted octanol–water partition coefficient (Wildman–Crippen LogP) is 3.32. The van der Waals surface area contributed by atoms with Gasteiger partial charge in [0.05, 0.1) is 11.4 Å². The number of benzene rings is 1. The van der Waals surface area contributed by atoms with E-state index in [9.17, 15) is 18.4 Å². The van der Waals surface area contributed by atoms with Crippen LogP contribution in [0.2, 0.25) is 0 Å². The number of aromatic nitrogens is 1. The van der Waals surface area contributed by atoms with Gasteiger partial charge in [-0.25, -0.2) is 13.8 Å². The first-order valence-corrected chi connectivity index (χ1v) is 8.47. The fraction of sp³-hybridized carbons (Fsp3) is 0.111. The molecule has 9 heteroatoms. The van der Waals surface area contributed by atoms with Crippen molar-refractivity contribution in [3.63, 3.8) is 0 Å². The maximum Gasteiger partial charge on any atom is 0.262 e. The van der Waals surface area contributed by atoms with Crippen LogP contribution in [0.1, 0.15) is 12.6 Å². The topological polar surface area (TPSA) is 86.1 Å². The summed E-state index contributed by atoms with van der Waals surface area (Å²) >= 11 is 1.01. The Morgan fingerprint density at radius 2 is 2.19 bits per heavy atom. The van der Waals surface area contributed by atoms with Crippen LogP contribution in [0.25, 0.3) is 6.08 Å². The Morgan fingerprint density at radius 1 is 1.44 bits per heavy atom. The molecular formula is C18H14F2N4O2S. The Kier molecular flexibility index (Phi) is 6.51. The van der Waals surface area contributed by atoms with Gasteiger partial charge in [0.1, 0.15) is 23.3 Å². The van der Waals surface area contributed by atoms with Crippen molar-refractivity contribution in [2.45, 2.75) is 6.92 Å². The number of amides is 2. The zero-order valence-corrected chi connectivity index (χ0v) is 15.0. The van der Waals surface area contributed by atoms with Gasteiger partial charge < -0.3 is 5.32 Å². The fourth-order valence-corrected chi connectivity index (χ4v) is 2.91. The zero-order chi connectivity index (χ0) is 20.0. The lowest BCUT2D eigenvalue weighted by molar-refractivity contribution is -0.117. The van der Waals surface area contributed by atoms with Gasteiger partial charge in [-0.2, -0.15) is 5.26 Å². The highest BCUT2D eigenvalue weighted by molar-refractivity contribution is 7.14. The maximum absolute atomic E-state index is 14.1. The first kappa shape index (κ1) is 19.9. The van der Waals surface area contributed by atoms with E-state index in [0.717, 1.165) is 28.4 Å². The minimum absolute atomic E-state index is 0.114. The molecular weight excluding hydrogens is 374 g/mol. The van der Waals surface area contributed by atoms with Crippen LogP contribution in [-0.4, -0.2) is 23.3 Å². The average Bonchev–Trinajstić information content (AvgIpc) is 3.07. The van der Waals surface area contributed by atoms with E-state index in [4.69, 9.17) is 5.26 Å². The number of nitrogens with zero attached hydrogens (tertiary/aromatic N) is 3. The normalized spacial score (nSPS) is 10.8. The number of nitrogens with one attached hydrogen (secondary N) is 1. The zero-order valence-electron chi connectivity index (χ0n) is 14.2. The molecule has 0 saturated heterocycles. The summed E-state index contributed by atoms with van der Waals surface area (Å²) in [6, 6.07) is 4.59. The summed E-state index contributed by atoms with van der Waals surface area (Å²) in [5.74, 6) is -2.82. The van der Waals surface area contributed by atoms with Gasteiger partial charge in [-0.1, -0.05) is 6.08 Å². The van der Waals surface area contributed by atoms with Crippen LogP contribution < -0.4 is 10.2 Å². The number of rotatable bonds is 6. The summed E-state index contributed by atoms with van der Waals surface area (Å²) in [7, 11) is 0. The molecule has 1 heterocycles. The Bertz CT molecular complexity index is 963. The molecule has 0 saturated carbocycles. The summed E-state index contributed by atoms with van der Waals surface area (Å²) in [4.78, 5) is 29.0. The van der Waals surface area contributed by atoms with Gasteiger partial charge in [0, 0.05) is 24.9 Å². The number of halogens is 2. The van der Waals surface area contributed by atoms with Crippen LogP contribution in [0.5, 0.6) is 0 Å². The Balaban J connectivity index is 2.37. The van der Waals surface area contributed by atoms with Crippen LogP contribution in [0, 0.1) is 23.0 Å². The highest BCUT2D eigenvalue weighted by atomic mass is 32.1. The molecule has 2 aromatic rings. The monoisotopic (exact) mass is 388 g/mol. The van der Waals surface area contributed by atoms with E-state index in [2.05, 4.69) is 16.9 Å². The van der Waals surface area contributed by atoms with Crippen molar-refractivity contribution in [3.8, 4) is 6.07 Å². The van der Waals surface area contributed by atoms with Gasteiger partial charge in [-0.05, 0) is 18.2 Å². The number of thiazole rings is 1. The summed E-state index contributed by atoms with van der Waals surface area (Å²) in [5, 5.41) is 13.2. The van der Waals surface area contributed by atoms with Crippen LogP contribution in [0.4, 0.5) is 19.6 Å². The molecule has 1 N–H and O–H groups in total. The predicted molar refractivity (Wildman–Crippen MR) is 98.1 cm³/mol. The number of hydrogen-bond donors (Lipinski definition) is 1. The lowest BCUT2D eigenvalue weighted by Gasteiger charge is -2.18. The molecule has 0 fully saturated rings. The molecule has 1 aromatic heterocycles. The second-order valence-electron chi connectivity index (χ2n) is 5.17. The molecule has 138 valence electrons. The molecule has 0 radical (unpaired) electrons. The van der Waals surface area contributed by atoms with Gasteiger partial charge in [0.25, 0.3) is 5.91 Å². The first-order chi connectivity index (χ1) is 12.9. The molecule has 0 aliphatic carbocycles. The number of hydrogen-bond acceptors (Lipinski definition) is 5. The molecule has 0 aliphatic heterocycles. The minimum atomic E-state index is -0.918. The van der Waals surface area contributed by atoms with Crippen molar-refractivity contribution in [2.24, 2.45) is 0 Å². The quantitative estimate of drug-likeness (QED) is 0.467. The van der Waals surface area contributed by atoms with Crippen LogP contribution >= 0.6 is 11.3 Å². The van der Waals surface area contributed by atoms with Crippen LogP contribution in [0.15, 0.2) is 41.8 Å². The van der Waals surface area contributed by atoms with Crippen molar-refractivity contribution < 1.29 is 18.4 Å². The summed E-state index contributed by atoms with van der Waals surface area (Å²) in [6.45, 7) is 4.87. The highest BCUT2D eigenvalue weighted by Gasteiger charge is 2.21. The summed E-state index contributed by atoms with van der Waals surface area (Å²) < 4.78 is 27.2. The van der Waals surface area contributed by atoms with Gasteiger partial charge in [-0.3, -0.25) is 14.5 Å². The third kappa shape index (κ3) is 4.83. The van der Waals surface area contributed by atoms with Gasteiger partial charge in [0.15, 0.2) is 5.13 Å². The first-order valence-electron chi connectivity index (χ1n) is 7.59. The van der Waals surface area contributed by atoms with Crippen LogP contribution in [0.3, 0.4) is 0 Å². The highest BCUT2D eigenvalue weighted by Crippen LogP contribution is 2.31. The fourth-order valence-electron chi connectivity index (χ4n) is 2.07. The summed E-state index contributed by atoms with van der Waals surface area (Å²) in [6.07, 6.45) is 2.72. The van der Waals surface area contributed by atoms with Crippen molar-refractivity contribution in [3.05, 3.63) is 59.1 Å². The lowest BCUT2D eigenvalue weighted by Crippen LogP contribution is -2.24. The molecule has 2 rings (SSSR count). The second kappa shape index (κ2) is 8.82. The van der Waals surface area contributed by atoms with Gasteiger partial charge >= 0.3 is 0 Å². The molecule has 27 heavy (non-hydrogen) atoms. The van der Waals surface area contributed by atoms with Crippen molar-refractivity contribution in [1.82, 2.24) is 10.3 Å². The van der Waals surface area contributed by atoms with E-state index in [1.54, 1.807) is 6.07 Å². The largest absolute Gasteiger partial charge is 0.348 e. The molecule has 1 aromatic carbocycles. The average molecular weight is 388 g/mol. The van der Waals surface area contributed by atoms with E-state index < -0.39 is 23.4 Å². The number of carbonyl (C=O) groups excluding carboxylic acids is 2. The van der Waals surface area contributed by atoms with E-state index in [-0.39, 0.29) is 28.6 Å². The Hall–Kier alpha value is -3.38. The molecule has 0 aliphatic rings. The van der Waals surface area contributed by atoms with E-state index >= 15 is 0 Å².